The third kappa shape index (κ3) is 2.35. The Kier molecular flexibility index (Phi) is 3.58. The molecule has 0 atom stereocenters. The third-order valence-electron chi connectivity index (χ3n) is 2.83. The maximum absolute atomic E-state index is 12.6. The number of halogens is 1. The van der Waals surface area contributed by atoms with Crippen LogP contribution in [0.25, 0.3) is 0 Å². The van der Waals surface area contributed by atoms with Gasteiger partial charge in [0, 0.05) is 4.47 Å². The van der Waals surface area contributed by atoms with Crippen molar-refractivity contribution in [3.05, 3.63) is 15.9 Å². The summed E-state index contributed by atoms with van der Waals surface area (Å²) in [6.45, 7) is 2.56. The van der Waals surface area contributed by atoms with Gasteiger partial charge in [-0.15, -0.1) is 11.3 Å². The average Bonchev–Trinajstić information content (AvgIpc) is 2.70. The summed E-state index contributed by atoms with van der Waals surface area (Å²) >= 11 is 4.19. The number of hydrogen-bond acceptors (Lipinski definition) is 5. The fourth-order valence-electron chi connectivity index (χ4n) is 1.71. The van der Waals surface area contributed by atoms with Gasteiger partial charge in [-0.25, -0.2) is 8.42 Å². The van der Waals surface area contributed by atoms with Gasteiger partial charge in [0.2, 0.25) is 11.8 Å². The van der Waals surface area contributed by atoms with Gasteiger partial charge in [0.05, 0.1) is 6.54 Å². The Labute approximate surface area is 123 Å². The number of imide groups is 1. The minimum absolute atomic E-state index is 0.0862. The second-order valence-electron chi connectivity index (χ2n) is 4.50. The molecule has 1 aliphatic heterocycles. The lowest BCUT2D eigenvalue weighted by molar-refractivity contribution is -0.141. The van der Waals surface area contributed by atoms with Crippen molar-refractivity contribution in [3.63, 3.8) is 0 Å². The van der Waals surface area contributed by atoms with E-state index in [1.807, 2.05) is 0 Å². The van der Waals surface area contributed by atoms with Crippen LogP contribution in [0.3, 0.4) is 0 Å². The molecular formula is C10H11BrN2O4S2. The highest BCUT2D eigenvalue weighted by Gasteiger charge is 2.48. The van der Waals surface area contributed by atoms with E-state index in [1.165, 1.54) is 13.8 Å². The molecule has 104 valence electrons. The molecule has 9 heteroatoms. The van der Waals surface area contributed by atoms with E-state index in [9.17, 15) is 18.0 Å². The zero-order valence-electron chi connectivity index (χ0n) is 10.1. The molecule has 0 radical (unpaired) electrons. The van der Waals surface area contributed by atoms with Crippen LogP contribution in [0.1, 0.15) is 13.8 Å². The van der Waals surface area contributed by atoms with Crippen molar-refractivity contribution in [3.8, 4) is 0 Å². The van der Waals surface area contributed by atoms with Crippen LogP contribution in [0, 0.1) is 0 Å². The number of nitrogens with one attached hydrogen (secondary N) is 1. The van der Waals surface area contributed by atoms with E-state index in [0.29, 0.717) is 4.47 Å². The fourth-order valence-corrected chi connectivity index (χ4v) is 5.83. The highest BCUT2D eigenvalue weighted by molar-refractivity contribution is 9.10. The SMILES string of the molecule is CC1(C)C(=O)NC(=O)CN1S(=O)(=O)c1sccc1Br. The van der Waals surface area contributed by atoms with Crippen LogP contribution >= 0.6 is 27.3 Å². The minimum Gasteiger partial charge on any atom is -0.294 e. The first-order valence-corrected chi connectivity index (χ1v) is 8.39. The lowest BCUT2D eigenvalue weighted by atomic mass is 10.0. The molecule has 0 unspecified atom stereocenters. The first-order chi connectivity index (χ1) is 8.67. The van der Waals surface area contributed by atoms with Crippen LogP contribution < -0.4 is 5.32 Å². The number of carbonyl (C=O) groups is 2. The number of carbonyl (C=O) groups excluding carboxylic acids is 2. The third-order valence-corrected chi connectivity index (χ3v) is 7.49. The topological polar surface area (TPSA) is 83.6 Å². The number of amides is 2. The molecule has 1 aliphatic rings. The predicted molar refractivity (Wildman–Crippen MR) is 73.1 cm³/mol. The van der Waals surface area contributed by atoms with Gasteiger partial charge in [-0.05, 0) is 41.2 Å². The average molecular weight is 367 g/mol. The monoisotopic (exact) mass is 366 g/mol. The molecule has 2 rings (SSSR count). The van der Waals surface area contributed by atoms with Crippen LogP contribution in [0.2, 0.25) is 0 Å². The molecule has 0 spiro atoms. The van der Waals surface area contributed by atoms with Gasteiger partial charge in [0.15, 0.2) is 0 Å². The Bertz CT molecular complexity index is 650. The maximum Gasteiger partial charge on any atom is 0.255 e. The van der Waals surface area contributed by atoms with Gasteiger partial charge < -0.3 is 0 Å². The van der Waals surface area contributed by atoms with E-state index in [2.05, 4.69) is 21.2 Å². The Hall–Kier alpha value is -0.770. The Morgan fingerprint density at radius 1 is 1.42 bits per heavy atom. The molecule has 0 saturated carbocycles. The summed E-state index contributed by atoms with van der Waals surface area (Å²) in [6.07, 6.45) is 0. The Morgan fingerprint density at radius 3 is 2.58 bits per heavy atom. The molecule has 2 heterocycles. The highest BCUT2D eigenvalue weighted by atomic mass is 79.9. The lowest BCUT2D eigenvalue weighted by Crippen LogP contribution is -2.65. The van der Waals surface area contributed by atoms with Crippen LogP contribution in [0.4, 0.5) is 0 Å². The summed E-state index contributed by atoms with van der Waals surface area (Å²) in [6, 6.07) is 1.61. The van der Waals surface area contributed by atoms with Gasteiger partial charge in [0.1, 0.15) is 9.75 Å². The van der Waals surface area contributed by atoms with Crippen molar-refractivity contribution in [2.24, 2.45) is 0 Å². The van der Waals surface area contributed by atoms with Crippen molar-refractivity contribution >= 4 is 49.1 Å². The van der Waals surface area contributed by atoms with Crippen molar-refractivity contribution in [1.29, 1.82) is 0 Å². The zero-order chi connectivity index (χ0) is 14.4. The maximum atomic E-state index is 12.6. The fraction of sp³-hybridized carbons (Fsp3) is 0.400. The second-order valence-corrected chi connectivity index (χ2v) is 8.33. The van der Waals surface area contributed by atoms with Crippen LogP contribution in [-0.2, 0) is 19.6 Å². The molecule has 1 fully saturated rings. The van der Waals surface area contributed by atoms with E-state index in [1.54, 1.807) is 11.4 Å². The summed E-state index contributed by atoms with van der Waals surface area (Å²) in [5.74, 6) is -1.25. The summed E-state index contributed by atoms with van der Waals surface area (Å²) in [5, 5.41) is 3.76. The predicted octanol–water partition coefficient (Wildman–Crippen LogP) is 0.936. The van der Waals surface area contributed by atoms with Gasteiger partial charge in [-0.2, -0.15) is 4.31 Å². The summed E-state index contributed by atoms with van der Waals surface area (Å²) in [4.78, 5) is 23.2. The molecule has 1 aromatic heterocycles. The molecule has 6 nitrogen and oxygen atoms in total. The van der Waals surface area contributed by atoms with Crippen LogP contribution in [0.15, 0.2) is 20.1 Å². The summed E-state index contributed by atoms with van der Waals surface area (Å²) in [7, 11) is -3.90. The number of nitrogens with zero attached hydrogens (tertiary/aromatic N) is 1. The molecule has 0 bridgehead atoms. The van der Waals surface area contributed by atoms with Crippen molar-refractivity contribution in [2.75, 3.05) is 6.54 Å². The van der Waals surface area contributed by atoms with E-state index in [4.69, 9.17) is 0 Å². The molecule has 1 saturated heterocycles. The summed E-state index contributed by atoms with van der Waals surface area (Å²) in [5.41, 5.74) is -1.31. The molecule has 1 aromatic rings. The van der Waals surface area contributed by atoms with Crippen molar-refractivity contribution < 1.29 is 18.0 Å². The van der Waals surface area contributed by atoms with Gasteiger partial charge in [0.25, 0.3) is 10.0 Å². The normalized spacial score (nSPS) is 20.4. The number of rotatable bonds is 2. The first-order valence-electron chi connectivity index (χ1n) is 5.27. The lowest BCUT2D eigenvalue weighted by Gasteiger charge is -2.38. The highest BCUT2D eigenvalue weighted by Crippen LogP contribution is 2.34. The van der Waals surface area contributed by atoms with Crippen LogP contribution in [-0.4, -0.2) is 36.6 Å². The Balaban J connectivity index is 2.53. The van der Waals surface area contributed by atoms with Gasteiger partial charge in [-0.1, -0.05) is 0 Å². The smallest absolute Gasteiger partial charge is 0.255 e. The van der Waals surface area contributed by atoms with Crippen molar-refractivity contribution in [1.82, 2.24) is 9.62 Å². The second kappa shape index (κ2) is 4.65. The molecule has 19 heavy (non-hydrogen) atoms. The number of sulfonamides is 1. The Morgan fingerprint density at radius 2 is 2.05 bits per heavy atom. The number of thiophene rings is 1. The number of piperazine rings is 1. The van der Waals surface area contributed by atoms with Gasteiger partial charge >= 0.3 is 0 Å². The molecular weight excluding hydrogens is 356 g/mol. The van der Waals surface area contributed by atoms with Crippen molar-refractivity contribution in [2.45, 2.75) is 23.6 Å². The largest absolute Gasteiger partial charge is 0.294 e. The van der Waals surface area contributed by atoms with Gasteiger partial charge in [-0.3, -0.25) is 14.9 Å². The molecule has 1 N–H and O–H groups in total. The minimum atomic E-state index is -3.90. The van der Waals surface area contributed by atoms with Crippen LogP contribution in [0.5, 0.6) is 0 Å². The molecule has 2 amide bonds. The first kappa shape index (κ1) is 14.6. The summed E-state index contributed by atoms with van der Waals surface area (Å²) < 4.78 is 26.5. The van der Waals surface area contributed by atoms with E-state index in [0.717, 1.165) is 15.6 Å². The molecule has 0 aromatic carbocycles. The van der Waals surface area contributed by atoms with E-state index >= 15 is 0 Å². The van der Waals surface area contributed by atoms with E-state index < -0.39 is 27.4 Å². The standard InChI is InChI=1S/C10H11BrN2O4S2/c1-10(2)9(15)12-7(14)5-13(10)19(16,17)8-6(11)3-4-18-8/h3-4H,5H2,1-2H3,(H,12,14,15). The quantitative estimate of drug-likeness (QED) is 0.789. The molecule has 0 aliphatic carbocycles. The number of hydrogen-bond donors (Lipinski definition) is 1. The van der Waals surface area contributed by atoms with E-state index in [-0.39, 0.29) is 10.8 Å². The zero-order valence-corrected chi connectivity index (χ0v) is 13.4.